The monoisotopic (exact) mass is 710 g/mol. The van der Waals surface area contributed by atoms with Gasteiger partial charge in [0.15, 0.2) is 0 Å². The van der Waals surface area contributed by atoms with E-state index in [1.54, 1.807) is 6.92 Å². The summed E-state index contributed by atoms with van der Waals surface area (Å²) in [4.78, 5) is 57.8. The molecule has 4 N–H and O–H groups in total. The maximum absolute atomic E-state index is 15.3. The van der Waals surface area contributed by atoms with Crippen LogP contribution in [0.4, 0.5) is 0 Å². The van der Waals surface area contributed by atoms with Crippen LogP contribution < -0.4 is 21.3 Å². The van der Waals surface area contributed by atoms with Gasteiger partial charge in [0.25, 0.3) is 0 Å². The summed E-state index contributed by atoms with van der Waals surface area (Å²) < 4.78 is 12.7. The second-order valence-corrected chi connectivity index (χ2v) is 15.6. The number of carbonyl (C=O) groups is 4. The number of rotatable bonds is 8. The minimum Gasteiger partial charge on any atom is -0.371 e. The SMILES string of the molecule is CC(C)C[C@@H]1NC(=O)C([C@@H](C)OCc2ccccc2)NC(=O)[C@@]23C(=O)N[C@@H](Cc4ccccc4)C2[C@H](C)[C@@]2(C)O[C@H]2C3/C=C/CC/C=C/CNC1=O. The summed E-state index contributed by atoms with van der Waals surface area (Å²) in [5.74, 6) is -2.81. The van der Waals surface area contributed by atoms with Crippen LogP contribution in [0.25, 0.3) is 0 Å². The van der Waals surface area contributed by atoms with Gasteiger partial charge in [-0.25, -0.2) is 0 Å². The fraction of sp³-hybridized carbons (Fsp3) is 0.524. The summed E-state index contributed by atoms with van der Waals surface area (Å²) in [7, 11) is 0. The average molecular weight is 711 g/mol. The van der Waals surface area contributed by atoms with Gasteiger partial charge in [-0.15, -0.1) is 0 Å². The molecule has 1 saturated carbocycles. The van der Waals surface area contributed by atoms with Crippen LogP contribution in [-0.4, -0.2) is 66.1 Å². The smallest absolute Gasteiger partial charge is 0.245 e. The molecule has 3 unspecified atom stereocenters. The molecule has 0 aromatic heterocycles. The van der Waals surface area contributed by atoms with Crippen molar-refractivity contribution in [2.24, 2.45) is 29.1 Å². The normalized spacial score (nSPS) is 35.4. The number of carbonyl (C=O) groups excluding carboxylic acids is 4. The van der Waals surface area contributed by atoms with Gasteiger partial charge in [0, 0.05) is 24.4 Å². The predicted octanol–water partition coefficient (Wildman–Crippen LogP) is 4.40. The van der Waals surface area contributed by atoms with E-state index in [-0.39, 0.29) is 42.4 Å². The first-order valence-electron chi connectivity index (χ1n) is 18.9. The number of allylic oxidation sites excluding steroid dienone is 2. The first-order valence-corrected chi connectivity index (χ1v) is 18.9. The predicted molar refractivity (Wildman–Crippen MR) is 198 cm³/mol. The van der Waals surface area contributed by atoms with Gasteiger partial charge in [-0.05, 0) is 62.5 Å². The molecule has 2 saturated heterocycles. The van der Waals surface area contributed by atoms with Crippen molar-refractivity contribution in [3.8, 4) is 0 Å². The number of benzene rings is 2. The summed E-state index contributed by atoms with van der Waals surface area (Å²) in [5, 5.41) is 12.2. The molecular weight excluding hydrogens is 656 g/mol. The molecule has 4 amide bonds. The van der Waals surface area contributed by atoms with Gasteiger partial charge >= 0.3 is 0 Å². The fourth-order valence-corrected chi connectivity index (χ4v) is 8.74. The number of hydrogen-bond donors (Lipinski definition) is 4. The second-order valence-electron chi connectivity index (χ2n) is 15.6. The maximum atomic E-state index is 15.3. The number of fused-ring (bicyclic) bond motifs is 2. The van der Waals surface area contributed by atoms with Gasteiger partial charge < -0.3 is 30.7 Å². The van der Waals surface area contributed by atoms with Crippen molar-refractivity contribution in [1.29, 1.82) is 0 Å². The summed E-state index contributed by atoms with van der Waals surface area (Å²) in [6, 6.07) is 17.2. The molecule has 3 fully saturated rings. The van der Waals surface area contributed by atoms with Crippen molar-refractivity contribution in [2.75, 3.05) is 6.54 Å². The van der Waals surface area contributed by atoms with Crippen LogP contribution in [0.2, 0.25) is 0 Å². The van der Waals surface area contributed by atoms with Crippen molar-refractivity contribution in [3.63, 3.8) is 0 Å². The lowest BCUT2D eigenvalue weighted by Crippen LogP contribution is -2.65. The molecular formula is C42H54N4O6. The van der Waals surface area contributed by atoms with Crippen LogP contribution in [0.3, 0.4) is 0 Å². The Balaban J connectivity index is 1.41. The Hall–Kier alpha value is -4.28. The molecule has 10 heteroatoms. The number of nitrogens with one attached hydrogen (secondary N) is 4. The van der Waals surface area contributed by atoms with Crippen LogP contribution in [0, 0.1) is 29.1 Å². The topological polar surface area (TPSA) is 138 Å². The zero-order valence-electron chi connectivity index (χ0n) is 31.0. The van der Waals surface area contributed by atoms with E-state index in [1.807, 2.05) is 98.8 Å². The molecule has 4 aliphatic rings. The summed E-state index contributed by atoms with van der Waals surface area (Å²) in [5.41, 5.74) is -0.113. The van der Waals surface area contributed by atoms with Crippen LogP contribution in [0.15, 0.2) is 85.0 Å². The van der Waals surface area contributed by atoms with Crippen molar-refractivity contribution in [1.82, 2.24) is 21.3 Å². The summed E-state index contributed by atoms with van der Waals surface area (Å²) in [6.07, 6.45) is 9.12. The molecule has 3 aliphatic heterocycles. The van der Waals surface area contributed by atoms with Crippen LogP contribution in [-0.2, 0) is 41.7 Å². The Kier molecular flexibility index (Phi) is 11.4. The molecule has 3 heterocycles. The largest absolute Gasteiger partial charge is 0.371 e. The minimum absolute atomic E-state index is 0.104. The van der Waals surface area contributed by atoms with Crippen molar-refractivity contribution < 1.29 is 28.7 Å². The van der Waals surface area contributed by atoms with Crippen molar-refractivity contribution in [3.05, 3.63) is 96.1 Å². The second kappa shape index (κ2) is 15.8. The highest BCUT2D eigenvalue weighted by Gasteiger charge is 2.79. The first-order chi connectivity index (χ1) is 25.0. The average Bonchev–Trinajstić information content (AvgIpc) is 3.74. The van der Waals surface area contributed by atoms with Crippen LogP contribution in [0.1, 0.15) is 65.0 Å². The Bertz CT molecular complexity index is 1660. The van der Waals surface area contributed by atoms with Gasteiger partial charge in [0.05, 0.1) is 24.4 Å². The van der Waals surface area contributed by atoms with Crippen LogP contribution in [0.5, 0.6) is 0 Å². The Morgan fingerprint density at radius 3 is 2.17 bits per heavy atom. The van der Waals surface area contributed by atoms with E-state index in [9.17, 15) is 14.4 Å². The highest BCUT2D eigenvalue weighted by atomic mass is 16.6. The zero-order valence-corrected chi connectivity index (χ0v) is 31.0. The molecule has 2 aromatic carbocycles. The molecule has 2 aromatic rings. The molecule has 52 heavy (non-hydrogen) atoms. The van der Waals surface area contributed by atoms with Gasteiger partial charge in [-0.3, -0.25) is 19.2 Å². The minimum atomic E-state index is -1.56. The van der Waals surface area contributed by atoms with E-state index >= 15 is 4.79 Å². The van der Waals surface area contributed by atoms with E-state index in [0.717, 1.165) is 11.1 Å². The lowest BCUT2D eigenvalue weighted by atomic mass is 9.52. The Morgan fingerprint density at radius 1 is 0.827 bits per heavy atom. The van der Waals surface area contributed by atoms with E-state index in [2.05, 4.69) is 35.1 Å². The number of amides is 4. The van der Waals surface area contributed by atoms with Gasteiger partial charge in [0.2, 0.25) is 23.6 Å². The van der Waals surface area contributed by atoms with Crippen molar-refractivity contribution >= 4 is 23.6 Å². The number of ether oxygens (including phenoxy) is 2. The number of epoxide rings is 1. The van der Waals surface area contributed by atoms with Crippen molar-refractivity contribution in [2.45, 2.75) is 103 Å². The fourth-order valence-electron chi connectivity index (χ4n) is 8.74. The molecule has 278 valence electrons. The highest BCUT2D eigenvalue weighted by Crippen LogP contribution is 2.65. The lowest BCUT2D eigenvalue weighted by Gasteiger charge is -2.46. The maximum Gasteiger partial charge on any atom is 0.245 e. The van der Waals surface area contributed by atoms with E-state index in [4.69, 9.17) is 9.47 Å². The third-order valence-electron chi connectivity index (χ3n) is 11.6. The molecule has 1 aliphatic carbocycles. The third kappa shape index (κ3) is 7.46. The molecule has 10 nitrogen and oxygen atoms in total. The highest BCUT2D eigenvalue weighted by molar-refractivity contribution is 6.09. The molecule has 6 rings (SSSR count). The third-order valence-corrected chi connectivity index (χ3v) is 11.6. The Labute approximate surface area is 307 Å². The molecule has 0 bridgehead atoms. The van der Waals surface area contributed by atoms with Crippen LogP contribution >= 0.6 is 0 Å². The summed E-state index contributed by atoms with van der Waals surface area (Å²) >= 11 is 0. The van der Waals surface area contributed by atoms with Gasteiger partial charge in [-0.1, -0.05) is 106 Å². The van der Waals surface area contributed by atoms with E-state index < -0.39 is 52.9 Å². The van der Waals surface area contributed by atoms with E-state index in [1.165, 1.54) is 0 Å². The quantitative estimate of drug-likeness (QED) is 0.182. The van der Waals surface area contributed by atoms with Gasteiger partial charge in [-0.2, -0.15) is 0 Å². The first kappa shape index (κ1) is 37.5. The lowest BCUT2D eigenvalue weighted by molar-refractivity contribution is -0.153. The number of hydrogen-bond acceptors (Lipinski definition) is 6. The summed E-state index contributed by atoms with van der Waals surface area (Å²) in [6.45, 7) is 10.4. The molecule has 0 radical (unpaired) electrons. The molecule has 1 spiro atoms. The molecule has 10 atom stereocenters. The van der Waals surface area contributed by atoms with E-state index in [0.29, 0.717) is 32.2 Å². The zero-order chi connectivity index (χ0) is 37.0. The van der Waals surface area contributed by atoms with Gasteiger partial charge in [0.1, 0.15) is 17.5 Å². The standard InChI is InChI=1S/C42H54N4O6/c1-26(2)23-33-37(47)43-22-16-8-6-7-15-21-31-36-41(5,52-36)27(3)34-32(24-29-17-11-9-12-18-29)45-39(49)42(31,34)40(50)46-35(38(48)44-33)28(4)51-25-30-19-13-10-14-20-30/h8-21,26-28,31-36H,6-7,22-25H2,1-5H3,(H,43,47)(H,44,48)(H,45,49)(H,46,50)/b16-8+,21-15+/t27-,28+,31?,32-,33-,34?,35?,36-,41+,42+/m0/s1. The Morgan fingerprint density at radius 2 is 1.48 bits per heavy atom.